The summed E-state index contributed by atoms with van der Waals surface area (Å²) in [6.07, 6.45) is 2.69. The van der Waals surface area contributed by atoms with Gasteiger partial charge in [0.25, 0.3) is 0 Å². The van der Waals surface area contributed by atoms with Gasteiger partial charge in [-0.15, -0.1) is 0 Å². The Morgan fingerprint density at radius 2 is 2.08 bits per heavy atom. The molecular formula is C4H6N3O4P. The van der Waals surface area contributed by atoms with Crippen LogP contribution in [0.3, 0.4) is 0 Å². The first-order valence-corrected chi connectivity index (χ1v) is 4.31. The van der Waals surface area contributed by atoms with Gasteiger partial charge in [0.15, 0.2) is 0 Å². The van der Waals surface area contributed by atoms with Crippen LogP contribution in [0.5, 0.6) is 6.01 Å². The average Bonchev–Trinajstić information content (AvgIpc) is 2.06. The molecule has 0 aromatic carbocycles. The Balaban J connectivity index is 2.71. The van der Waals surface area contributed by atoms with E-state index in [-0.39, 0.29) is 6.01 Å². The molecule has 3 N–H and O–H groups in total. The van der Waals surface area contributed by atoms with E-state index in [9.17, 15) is 4.57 Å². The highest BCUT2D eigenvalue weighted by Crippen LogP contribution is 2.39. The Labute approximate surface area is 67.7 Å². The highest BCUT2D eigenvalue weighted by atomic mass is 31.2. The Kier molecular flexibility index (Phi) is 2.72. The number of rotatable bonds is 3. The maximum absolute atomic E-state index is 10.7. The Morgan fingerprint density at radius 1 is 1.50 bits per heavy atom. The van der Waals surface area contributed by atoms with Crippen LogP contribution < -0.4 is 10.4 Å². The van der Waals surface area contributed by atoms with Crippen LogP contribution in [0.25, 0.3) is 0 Å². The summed E-state index contributed by atoms with van der Waals surface area (Å²) in [6.45, 7) is 0. The molecule has 1 rings (SSSR count). The van der Waals surface area contributed by atoms with Crippen molar-refractivity contribution >= 4 is 7.82 Å². The van der Waals surface area contributed by atoms with E-state index >= 15 is 0 Å². The predicted molar refractivity (Wildman–Crippen MR) is 37.8 cm³/mol. The summed E-state index contributed by atoms with van der Waals surface area (Å²) >= 11 is 0. The molecule has 12 heavy (non-hydrogen) atoms. The van der Waals surface area contributed by atoms with Gasteiger partial charge < -0.3 is 4.52 Å². The molecule has 1 aromatic heterocycles. The third kappa shape index (κ3) is 2.55. The monoisotopic (exact) mass is 191 g/mol. The minimum absolute atomic E-state index is 0.270. The Morgan fingerprint density at radius 3 is 2.58 bits per heavy atom. The molecule has 1 atom stereocenters. The first-order chi connectivity index (χ1) is 5.64. The minimum atomic E-state index is -4.24. The maximum atomic E-state index is 10.7. The first-order valence-electron chi connectivity index (χ1n) is 2.82. The second kappa shape index (κ2) is 3.59. The van der Waals surface area contributed by atoms with Gasteiger partial charge in [-0.1, -0.05) is 0 Å². The lowest BCUT2D eigenvalue weighted by atomic mass is 10.7. The lowest BCUT2D eigenvalue weighted by Gasteiger charge is -2.06. The molecule has 8 heteroatoms. The van der Waals surface area contributed by atoms with Crippen molar-refractivity contribution in [2.45, 2.75) is 0 Å². The highest BCUT2D eigenvalue weighted by Gasteiger charge is 2.22. The van der Waals surface area contributed by atoms with Gasteiger partial charge in [0, 0.05) is 12.4 Å². The normalized spacial score (nSPS) is 15.2. The van der Waals surface area contributed by atoms with E-state index in [2.05, 4.69) is 25.0 Å². The molecular weight excluding hydrogens is 185 g/mol. The number of aromatic nitrogens is 2. The van der Waals surface area contributed by atoms with E-state index in [1.165, 1.54) is 18.5 Å². The summed E-state index contributed by atoms with van der Waals surface area (Å²) in [7, 11) is -4.24. The number of hydrogen-bond donors (Lipinski definition) is 2. The molecule has 0 saturated carbocycles. The van der Waals surface area contributed by atoms with E-state index in [1.54, 1.807) is 0 Å². The topological polar surface area (TPSA) is 108 Å². The standard InChI is InChI=1S/C4H6N3O4P/c5-11-12(8,9)10-4-6-2-1-3-7-4/h1-3H,5H2,(H,8,9). The number of phosphoric acid groups is 1. The molecule has 0 aliphatic carbocycles. The van der Waals surface area contributed by atoms with Crippen molar-refractivity contribution in [3.05, 3.63) is 18.5 Å². The second-order valence-corrected chi connectivity index (χ2v) is 3.03. The van der Waals surface area contributed by atoms with Gasteiger partial charge in [0.05, 0.1) is 0 Å². The van der Waals surface area contributed by atoms with Crippen molar-refractivity contribution in [2.75, 3.05) is 0 Å². The summed E-state index contributed by atoms with van der Waals surface area (Å²) in [5.41, 5.74) is 0. The van der Waals surface area contributed by atoms with Crippen LogP contribution in [0, 0.1) is 0 Å². The Hall–Kier alpha value is -1.01. The Bertz CT molecular complexity index is 292. The maximum Gasteiger partial charge on any atom is 0.546 e. The molecule has 0 amide bonds. The summed E-state index contributed by atoms with van der Waals surface area (Å²) in [6, 6.07) is 1.26. The van der Waals surface area contributed by atoms with E-state index < -0.39 is 7.82 Å². The van der Waals surface area contributed by atoms with Crippen molar-refractivity contribution in [3.63, 3.8) is 0 Å². The quantitative estimate of drug-likeness (QED) is 0.505. The molecule has 0 aliphatic rings. The van der Waals surface area contributed by atoms with Crippen LogP contribution in [0.4, 0.5) is 0 Å². The zero-order valence-corrected chi connectivity index (χ0v) is 6.72. The van der Waals surface area contributed by atoms with Gasteiger partial charge in [-0.25, -0.2) is 20.4 Å². The molecule has 0 bridgehead atoms. The van der Waals surface area contributed by atoms with Crippen molar-refractivity contribution < 1.29 is 18.6 Å². The molecule has 66 valence electrons. The second-order valence-electron chi connectivity index (χ2n) is 1.70. The van der Waals surface area contributed by atoms with E-state index in [0.29, 0.717) is 0 Å². The number of nitrogens with zero attached hydrogens (tertiary/aromatic N) is 2. The van der Waals surface area contributed by atoms with Crippen LogP contribution in [0.1, 0.15) is 0 Å². The van der Waals surface area contributed by atoms with E-state index in [1.807, 2.05) is 0 Å². The van der Waals surface area contributed by atoms with Gasteiger partial charge in [0.1, 0.15) is 0 Å². The molecule has 1 aromatic rings. The molecule has 0 spiro atoms. The molecule has 0 fully saturated rings. The van der Waals surface area contributed by atoms with Crippen molar-refractivity contribution in [1.29, 1.82) is 0 Å². The molecule has 7 nitrogen and oxygen atoms in total. The average molecular weight is 191 g/mol. The summed E-state index contributed by atoms with van der Waals surface area (Å²) in [5, 5.41) is 0. The molecule has 1 heterocycles. The lowest BCUT2D eigenvalue weighted by molar-refractivity contribution is 0.203. The zero-order valence-electron chi connectivity index (χ0n) is 5.82. The van der Waals surface area contributed by atoms with Crippen LogP contribution in [0.2, 0.25) is 0 Å². The minimum Gasteiger partial charge on any atom is -0.367 e. The van der Waals surface area contributed by atoms with Crippen LogP contribution in [-0.2, 0) is 9.19 Å². The molecule has 0 radical (unpaired) electrons. The van der Waals surface area contributed by atoms with Crippen molar-refractivity contribution in [3.8, 4) is 6.01 Å². The highest BCUT2D eigenvalue weighted by molar-refractivity contribution is 7.47. The summed E-state index contributed by atoms with van der Waals surface area (Å²) in [4.78, 5) is 15.7. The smallest absolute Gasteiger partial charge is 0.367 e. The summed E-state index contributed by atoms with van der Waals surface area (Å²) < 4.78 is 18.6. The fourth-order valence-electron chi connectivity index (χ4n) is 0.457. The van der Waals surface area contributed by atoms with Crippen LogP contribution >= 0.6 is 7.82 Å². The van der Waals surface area contributed by atoms with Gasteiger partial charge >= 0.3 is 13.8 Å². The SMILES string of the molecule is NOP(=O)(O)Oc1ncccn1. The van der Waals surface area contributed by atoms with Crippen LogP contribution in [0.15, 0.2) is 18.5 Å². The molecule has 0 aliphatic heterocycles. The number of hydrogen-bond acceptors (Lipinski definition) is 6. The van der Waals surface area contributed by atoms with Crippen LogP contribution in [-0.4, -0.2) is 14.9 Å². The van der Waals surface area contributed by atoms with Gasteiger partial charge in [0.2, 0.25) is 0 Å². The fourth-order valence-corrected chi connectivity index (χ4v) is 0.801. The van der Waals surface area contributed by atoms with E-state index in [4.69, 9.17) is 4.89 Å². The first kappa shape index (κ1) is 9.08. The third-order valence-electron chi connectivity index (χ3n) is 0.872. The molecule has 1 unspecified atom stereocenters. The van der Waals surface area contributed by atoms with Crippen molar-refractivity contribution in [1.82, 2.24) is 9.97 Å². The fraction of sp³-hybridized carbons (Fsp3) is 0. The number of phosphoric ester groups is 1. The third-order valence-corrected chi connectivity index (χ3v) is 1.53. The predicted octanol–water partition coefficient (Wildman–Crippen LogP) is -0.154. The largest absolute Gasteiger partial charge is 0.546 e. The molecule has 0 saturated heterocycles. The van der Waals surface area contributed by atoms with E-state index in [0.717, 1.165) is 0 Å². The summed E-state index contributed by atoms with van der Waals surface area (Å²) in [5.74, 6) is 4.46. The van der Waals surface area contributed by atoms with Gasteiger partial charge in [-0.05, 0) is 6.07 Å². The van der Waals surface area contributed by atoms with Gasteiger partial charge in [-0.3, -0.25) is 4.89 Å². The lowest BCUT2D eigenvalue weighted by Crippen LogP contribution is -2.03. The zero-order chi connectivity index (χ0) is 9.03. The van der Waals surface area contributed by atoms with Gasteiger partial charge in [-0.2, -0.15) is 4.62 Å². The van der Waals surface area contributed by atoms with Crippen molar-refractivity contribution in [2.24, 2.45) is 5.90 Å². The number of nitrogens with two attached hydrogens (primary N) is 1.